The van der Waals surface area contributed by atoms with Gasteiger partial charge in [0.15, 0.2) is 18.1 Å². The van der Waals surface area contributed by atoms with Crippen molar-refractivity contribution < 1.29 is 23.8 Å². The molecule has 0 aliphatic carbocycles. The molecule has 10 heteroatoms. The van der Waals surface area contributed by atoms with Gasteiger partial charge in [0.2, 0.25) is 0 Å². The highest BCUT2D eigenvalue weighted by Crippen LogP contribution is 2.29. The van der Waals surface area contributed by atoms with Gasteiger partial charge in [-0.05, 0) is 94.6 Å². The molecule has 0 aromatic heterocycles. The summed E-state index contributed by atoms with van der Waals surface area (Å²) in [5.74, 6) is 0.792. The molecule has 0 bridgehead atoms. The van der Waals surface area contributed by atoms with E-state index in [1.807, 2.05) is 37.3 Å². The zero-order chi connectivity index (χ0) is 29.0. The molecule has 4 aromatic carbocycles. The average Bonchev–Trinajstić information content (AvgIpc) is 2.98. The molecule has 0 atom stereocenters. The van der Waals surface area contributed by atoms with Crippen LogP contribution in [0.3, 0.4) is 0 Å². The number of benzene rings is 4. The van der Waals surface area contributed by atoms with Crippen LogP contribution in [0.1, 0.15) is 28.4 Å². The van der Waals surface area contributed by atoms with Crippen molar-refractivity contribution in [1.29, 1.82) is 0 Å². The second-order valence-corrected chi connectivity index (χ2v) is 9.89. The summed E-state index contributed by atoms with van der Waals surface area (Å²) in [6.45, 7) is 2.49. The third-order valence-corrected chi connectivity index (χ3v) is 6.44. The Morgan fingerprint density at radius 1 is 0.878 bits per heavy atom. The first-order valence-electron chi connectivity index (χ1n) is 12.7. The van der Waals surface area contributed by atoms with E-state index in [9.17, 15) is 9.59 Å². The number of nitrogens with one attached hydrogen (secondary N) is 2. The fourth-order valence-electron chi connectivity index (χ4n) is 3.59. The molecular weight excluding hydrogens is 610 g/mol. The van der Waals surface area contributed by atoms with E-state index in [-0.39, 0.29) is 12.5 Å². The van der Waals surface area contributed by atoms with Crippen molar-refractivity contribution in [3.63, 3.8) is 0 Å². The number of hydrazone groups is 1. The Kier molecular flexibility index (Phi) is 10.8. The lowest BCUT2D eigenvalue weighted by Crippen LogP contribution is -2.20. The summed E-state index contributed by atoms with van der Waals surface area (Å²) in [7, 11) is 0. The number of ether oxygens (including phenoxy) is 3. The van der Waals surface area contributed by atoms with E-state index < -0.39 is 5.91 Å². The number of anilines is 1. The molecule has 8 nitrogen and oxygen atoms in total. The molecule has 0 radical (unpaired) electrons. The van der Waals surface area contributed by atoms with Crippen molar-refractivity contribution in [3.05, 3.63) is 117 Å². The number of hydrogen-bond acceptors (Lipinski definition) is 6. The van der Waals surface area contributed by atoms with Crippen LogP contribution in [0.4, 0.5) is 5.69 Å². The van der Waals surface area contributed by atoms with Gasteiger partial charge in [0.1, 0.15) is 12.4 Å². The first kappa shape index (κ1) is 29.6. The van der Waals surface area contributed by atoms with Gasteiger partial charge >= 0.3 is 0 Å². The van der Waals surface area contributed by atoms with Crippen molar-refractivity contribution in [2.45, 2.75) is 13.5 Å². The zero-order valence-corrected chi connectivity index (χ0v) is 24.4. The lowest BCUT2D eigenvalue weighted by molar-refractivity contribution is -0.118. The maximum atomic E-state index is 12.7. The van der Waals surface area contributed by atoms with Crippen LogP contribution >= 0.6 is 27.5 Å². The van der Waals surface area contributed by atoms with Crippen LogP contribution in [-0.4, -0.2) is 31.2 Å². The quantitative estimate of drug-likeness (QED) is 0.131. The molecule has 0 saturated heterocycles. The molecule has 2 N–H and O–H groups in total. The van der Waals surface area contributed by atoms with Crippen LogP contribution in [0.2, 0.25) is 5.02 Å². The molecule has 0 heterocycles. The molecule has 2 amide bonds. The van der Waals surface area contributed by atoms with Crippen molar-refractivity contribution in [3.8, 4) is 17.2 Å². The van der Waals surface area contributed by atoms with E-state index in [4.69, 9.17) is 25.8 Å². The molecule has 0 unspecified atom stereocenters. The summed E-state index contributed by atoms with van der Waals surface area (Å²) in [6.07, 6.45) is 1.50. The number of carbonyl (C=O) groups is 2. The lowest BCUT2D eigenvalue weighted by Gasteiger charge is -2.13. The van der Waals surface area contributed by atoms with Crippen LogP contribution in [0.5, 0.6) is 17.2 Å². The topological polar surface area (TPSA) is 98.3 Å². The summed E-state index contributed by atoms with van der Waals surface area (Å²) in [5.41, 5.74) is 5.25. The Hall–Kier alpha value is -4.34. The van der Waals surface area contributed by atoms with Gasteiger partial charge in [-0.1, -0.05) is 41.9 Å². The summed E-state index contributed by atoms with van der Waals surface area (Å²) in [4.78, 5) is 24.9. The first-order valence-corrected chi connectivity index (χ1v) is 13.8. The number of amides is 2. The molecule has 0 aliphatic heterocycles. The van der Waals surface area contributed by atoms with Gasteiger partial charge in [0, 0.05) is 16.3 Å². The van der Waals surface area contributed by atoms with Crippen LogP contribution in [0, 0.1) is 0 Å². The van der Waals surface area contributed by atoms with Gasteiger partial charge in [0.05, 0.1) is 17.3 Å². The Bertz CT molecular complexity index is 1510. The molecule has 210 valence electrons. The van der Waals surface area contributed by atoms with Crippen LogP contribution < -0.4 is 25.0 Å². The van der Waals surface area contributed by atoms with Crippen molar-refractivity contribution in [2.75, 3.05) is 18.5 Å². The minimum atomic E-state index is -0.400. The summed E-state index contributed by atoms with van der Waals surface area (Å²) < 4.78 is 17.8. The smallest absolute Gasteiger partial charge is 0.271 e. The number of nitrogens with zero attached hydrogens (tertiary/aromatic N) is 1. The second kappa shape index (κ2) is 14.9. The predicted molar refractivity (Wildman–Crippen MR) is 163 cm³/mol. The van der Waals surface area contributed by atoms with Gasteiger partial charge in [-0.3, -0.25) is 9.59 Å². The Labute approximate surface area is 251 Å². The monoisotopic (exact) mass is 635 g/mol. The van der Waals surface area contributed by atoms with E-state index in [0.29, 0.717) is 56.8 Å². The van der Waals surface area contributed by atoms with Crippen LogP contribution in [0.15, 0.2) is 101 Å². The highest BCUT2D eigenvalue weighted by molar-refractivity contribution is 9.10. The molecule has 0 aliphatic rings. The largest absolute Gasteiger partial charge is 0.490 e. The summed E-state index contributed by atoms with van der Waals surface area (Å²) >= 11 is 9.30. The number of carbonyl (C=O) groups excluding carboxylic acids is 2. The molecule has 4 rings (SSSR count). The van der Waals surface area contributed by atoms with Gasteiger partial charge in [-0.2, -0.15) is 5.10 Å². The molecule has 0 fully saturated rings. The highest BCUT2D eigenvalue weighted by atomic mass is 79.9. The molecule has 4 aromatic rings. The Morgan fingerprint density at radius 3 is 2.37 bits per heavy atom. The van der Waals surface area contributed by atoms with Gasteiger partial charge in [0.25, 0.3) is 11.8 Å². The zero-order valence-electron chi connectivity index (χ0n) is 22.1. The summed E-state index contributed by atoms with van der Waals surface area (Å²) in [5, 5.41) is 7.38. The molecular formula is C31H27BrClN3O5. The molecule has 0 spiro atoms. The SMILES string of the molecule is CCOc1cc(C(=O)N/N=C/c2ccc(OCC(=O)Nc3ccc(Cl)cc3)c(Br)c2)ccc1OCc1ccccc1. The first-order chi connectivity index (χ1) is 19.9. The fraction of sp³-hybridized carbons (Fsp3) is 0.129. The van der Waals surface area contributed by atoms with Gasteiger partial charge in [-0.15, -0.1) is 0 Å². The van der Waals surface area contributed by atoms with Gasteiger partial charge < -0.3 is 19.5 Å². The minimum Gasteiger partial charge on any atom is -0.490 e. The van der Waals surface area contributed by atoms with E-state index in [0.717, 1.165) is 5.56 Å². The van der Waals surface area contributed by atoms with Crippen LogP contribution in [0.25, 0.3) is 0 Å². The third-order valence-electron chi connectivity index (χ3n) is 5.57. The maximum absolute atomic E-state index is 12.7. The van der Waals surface area contributed by atoms with Crippen molar-refractivity contribution in [1.82, 2.24) is 5.43 Å². The average molecular weight is 637 g/mol. The predicted octanol–water partition coefficient (Wildman–Crippen LogP) is 6.86. The van der Waals surface area contributed by atoms with Crippen LogP contribution in [-0.2, 0) is 11.4 Å². The molecule has 0 saturated carbocycles. The van der Waals surface area contributed by atoms with E-state index >= 15 is 0 Å². The van der Waals surface area contributed by atoms with Gasteiger partial charge in [-0.25, -0.2) is 5.43 Å². The second-order valence-electron chi connectivity index (χ2n) is 8.60. The molecule has 41 heavy (non-hydrogen) atoms. The fourth-order valence-corrected chi connectivity index (χ4v) is 4.23. The van der Waals surface area contributed by atoms with E-state index in [2.05, 4.69) is 31.8 Å². The maximum Gasteiger partial charge on any atom is 0.271 e. The van der Waals surface area contributed by atoms with E-state index in [1.165, 1.54) is 6.21 Å². The minimum absolute atomic E-state index is 0.176. The van der Waals surface area contributed by atoms with Crippen molar-refractivity contribution in [2.24, 2.45) is 5.10 Å². The standard InChI is InChI=1S/C31H27BrClN3O5/c1-2-39-29-17-23(9-15-28(29)40-19-21-6-4-3-5-7-21)31(38)36-34-18-22-8-14-27(26(32)16-22)41-20-30(37)35-25-12-10-24(33)11-13-25/h3-18H,2,19-20H2,1H3,(H,35,37)(H,36,38)/b34-18+. The van der Waals surface area contributed by atoms with E-state index in [1.54, 1.807) is 60.7 Å². The van der Waals surface area contributed by atoms with Crippen molar-refractivity contribution >= 4 is 51.2 Å². The summed E-state index contributed by atoms with van der Waals surface area (Å²) in [6, 6.07) is 26.8. The third kappa shape index (κ3) is 9.09. The lowest BCUT2D eigenvalue weighted by atomic mass is 10.2. The highest BCUT2D eigenvalue weighted by Gasteiger charge is 2.12. The number of halogens is 2. The normalized spacial score (nSPS) is 10.7. The number of rotatable bonds is 12. The number of hydrogen-bond donors (Lipinski definition) is 2. The Balaban J connectivity index is 1.30. The Morgan fingerprint density at radius 2 is 1.63 bits per heavy atom.